The van der Waals surface area contributed by atoms with Crippen LogP contribution < -0.4 is 15.4 Å². The van der Waals surface area contributed by atoms with E-state index in [1.165, 1.54) is 5.56 Å². The van der Waals surface area contributed by atoms with Crippen molar-refractivity contribution in [2.75, 3.05) is 18.5 Å². The van der Waals surface area contributed by atoms with E-state index in [9.17, 15) is 9.59 Å². The summed E-state index contributed by atoms with van der Waals surface area (Å²) in [6, 6.07) is 22.7. The minimum atomic E-state index is -0.291. The van der Waals surface area contributed by atoms with Gasteiger partial charge in [-0.25, -0.2) is 0 Å². The van der Waals surface area contributed by atoms with Gasteiger partial charge in [0.15, 0.2) is 6.61 Å². The molecule has 0 unspecified atom stereocenters. The molecule has 0 aliphatic heterocycles. The van der Waals surface area contributed by atoms with E-state index < -0.39 is 0 Å². The average molecular weight is 388 g/mol. The molecule has 0 aliphatic carbocycles. The van der Waals surface area contributed by atoms with Crippen molar-refractivity contribution in [2.24, 2.45) is 0 Å². The van der Waals surface area contributed by atoms with Gasteiger partial charge in [-0.1, -0.05) is 48.0 Å². The number of rotatable bonds is 7. The van der Waals surface area contributed by atoms with Gasteiger partial charge in [0.25, 0.3) is 11.8 Å². The molecule has 0 aliphatic rings. The molecule has 0 saturated carbocycles. The molecule has 2 amide bonds. The normalized spacial score (nSPS) is 10.3. The van der Waals surface area contributed by atoms with Crippen LogP contribution in [0.3, 0.4) is 0 Å². The van der Waals surface area contributed by atoms with E-state index in [-0.39, 0.29) is 18.4 Å². The minimum absolute atomic E-state index is 0.116. The van der Waals surface area contributed by atoms with Crippen LogP contribution >= 0.6 is 0 Å². The third-order valence-corrected chi connectivity index (χ3v) is 4.35. The Bertz CT molecular complexity index is 980. The van der Waals surface area contributed by atoms with Gasteiger partial charge in [-0.3, -0.25) is 9.59 Å². The van der Waals surface area contributed by atoms with Gasteiger partial charge in [0.05, 0.1) is 0 Å². The summed E-state index contributed by atoms with van der Waals surface area (Å²) in [4.78, 5) is 24.1. The summed E-state index contributed by atoms with van der Waals surface area (Å²) in [7, 11) is 0. The number of nitrogens with one attached hydrogen (secondary N) is 2. The maximum Gasteiger partial charge on any atom is 0.262 e. The van der Waals surface area contributed by atoms with Gasteiger partial charge in [0, 0.05) is 17.8 Å². The van der Waals surface area contributed by atoms with Crippen LogP contribution in [0, 0.1) is 6.92 Å². The van der Waals surface area contributed by atoms with Crippen LogP contribution in [-0.4, -0.2) is 25.0 Å². The smallest absolute Gasteiger partial charge is 0.262 e. The van der Waals surface area contributed by atoms with Gasteiger partial charge in [-0.2, -0.15) is 0 Å². The number of benzene rings is 3. The molecule has 5 heteroatoms. The maximum atomic E-state index is 12.2. The van der Waals surface area contributed by atoms with E-state index in [4.69, 9.17) is 4.74 Å². The van der Waals surface area contributed by atoms with Crippen LogP contribution in [0.5, 0.6) is 5.75 Å². The molecule has 0 saturated heterocycles. The van der Waals surface area contributed by atoms with Crippen molar-refractivity contribution in [3.63, 3.8) is 0 Å². The number of aryl methyl sites for hydroxylation is 1. The highest BCUT2D eigenvalue weighted by Crippen LogP contribution is 2.22. The van der Waals surface area contributed by atoms with Crippen LogP contribution in [0.15, 0.2) is 72.8 Å². The second kappa shape index (κ2) is 9.55. The molecule has 0 atom stereocenters. The lowest BCUT2D eigenvalue weighted by atomic mass is 10.0. The van der Waals surface area contributed by atoms with Crippen molar-refractivity contribution in [3.8, 4) is 16.9 Å². The number of amides is 2. The molecular formula is C24H24N2O3. The second-order valence-electron chi connectivity index (χ2n) is 6.67. The highest BCUT2D eigenvalue weighted by atomic mass is 16.5. The van der Waals surface area contributed by atoms with Gasteiger partial charge < -0.3 is 15.4 Å². The molecule has 0 aromatic heterocycles. The Morgan fingerprint density at radius 3 is 2.21 bits per heavy atom. The first kappa shape index (κ1) is 20.1. The number of carbonyl (C=O) groups is 2. The lowest BCUT2D eigenvalue weighted by molar-refractivity contribution is -0.118. The van der Waals surface area contributed by atoms with E-state index in [1.807, 2.05) is 31.2 Å². The number of ether oxygens (including phenoxy) is 1. The fraction of sp³-hybridized carbons (Fsp3) is 0.167. The van der Waals surface area contributed by atoms with Gasteiger partial charge in [-0.15, -0.1) is 0 Å². The SMILES string of the molecule is CCNC(=O)c1cccc(NC(=O)COc2ccc(-c3ccc(C)cc3)cc2)c1. The summed E-state index contributed by atoms with van der Waals surface area (Å²) in [6.07, 6.45) is 0. The predicted octanol–water partition coefficient (Wildman–Crippen LogP) is 4.43. The van der Waals surface area contributed by atoms with E-state index in [0.29, 0.717) is 23.5 Å². The summed E-state index contributed by atoms with van der Waals surface area (Å²) >= 11 is 0. The second-order valence-corrected chi connectivity index (χ2v) is 6.67. The lowest BCUT2D eigenvalue weighted by Gasteiger charge is -2.10. The third-order valence-electron chi connectivity index (χ3n) is 4.35. The lowest BCUT2D eigenvalue weighted by Crippen LogP contribution is -2.23. The Morgan fingerprint density at radius 1 is 0.897 bits per heavy atom. The zero-order chi connectivity index (χ0) is 20.6. The first-order valence-corrected chi connectivity index (χ1v) is 9.53. The highest BCUT2D eigenvalue weighted by Gasteiger charge is 2.08. The number of anilines is 1. The molecular weight excluding hydrogens is 364 g/mol. The van der Waals surface area contributed by atoms with Crippen molar-refractivity contribution < 1.29 is 14.3 Å². The fourth-order valence-electron chi connectivity index (χ4n) is 2.84. The standard InChI is InChI=1S/C24H24N2O3/c1-3-25-24(28)20-5-4-6-21(15-20)26-23(27)16-29-22-13-11-19(12-14-22)18-9-7-17(2)8-10-18/h4-15H,3,16H2,1-2H3,(H,25,28)(H,26,27). The molecule has 3 rings (SSSR count). The van der Waals surface area contributed by atoms with Gasteiger partial charge in [0.2, 0.25) is 0 Å². The summed E-state index contributed by atoms with van der Waals surface area (Å²) in [5, 5.41) is 5.48. The molecule has 0 heterocycles. The maximum absolute atomic E-state index is 12.2. The molecule has 2 N–H and O–H groups in total. The van der Waals surface area contributed by atoms with Crippen LogP contribution in [-0.2, 0) is 4.79 Å². The van der Waals surface area contributed by atoms with Crippen molar-refractivity contribution in [3.05, 3.63) is 83.9 Å². The quantitative estimate of drug-likeness (QED) is 0.629. The Morgan fingerprint density at radius 2 is 1.55 bits per heavy atom. The topological polar surface area (TPSA) is 67.4 Å². The van der Waals surface area contributed by atoms with Crippen molar-refractivity contribution >= 4 is 17.5 Å². The average Bonchev–Trinajstić information content (AvgIpc) is 2.74. The van der Waals surface area contributed by atoms with E-state index in [1.54, 1.807) is 24.3 Å². The summed E-state index contributed by atoms with van der Waals surface area (Å²) in [5.74, 6) is 0.154. The van der Waals surface area contributed by atoms with Gasteiger partial charge in [-0.05, 0) is 55.3 Å². The van der Waals surface area contributed by atoms with Crippen LogP contribution in [0.1, 0.15) is 22.8 Å². The summed E-state index contributed by atoms with van der Waals surface area (Å²) in [5.41, 5.74) is 4.49. The molecule has 0 radical (unpaired) electrons. The highest BCUT2D eigenvalue weighted by molar-refractivity contribution is 5.97. The molecule has 148 valence electrons. The molecule has 29 heavy (non-hydrogen) atoms. The fourth-order valence-corrected chi connectivity index (χ4v) is 2.84. The Balaban J connectivity index is 1.55. The minimum Gasteiger partial charge on any atom is -0.484 e. The van der Waals surface area contributed by atoms with E-state index in [0.717, 1.165) is 11.1 Å². The number of hydrogen-bond donors (Lipinski definition) is 2. The Hall–Kier alpha value is -3.60. The van der Waals surface area contributed by atoms with Crippen molar-refractivity contribution in [1.82, 2.24) is 5.32 Å². The zero-order valence-corrected chi connectivity index (χ0v) is 16.6. The summed E-state index contributed by atoms with van der Waals surface area (Å²) in [6.45, 7) is 4.34. The predicted molar refractivity (Wildman–Crippen MR) is 115 cm³/mol. The molecule has 0 fully saturated rings. The monoisotopic (exact) mass is 388 g/mol. The molecule has 3 aromatic carbocycles. The largest absolute Gasteiger partial charge is 0.484 e. The van der Waals surface area contributed by atoms with Crippen molar-refractivity contribution in [1.29, 1.82) is 0 Å². The first-order chi connectivity index (χ1) is 14.0. The Kier molecular flexibility index (Phi) is 6.63. The summed E-state index contributed by atoms with van der Waals surface area (Å²) < 4.78 is 5.57. The third kappa shape index (κ3) is 5.69. The van der Waals surface area contributed by atoms with Gasteiger partial charge >= 0.3 is 0 Å². The van der Waals surface area contributed by atoms with Crippen molar-refractivity contribution in [2.45, 2.75) is 13.8 Å². The number of hydrogen-bond acceptors (Lipinski definition) is 3. The zero-order valence-electron chi connectivity index (χ0n) is 16.6. The molecule has 0 spiro atoms. The van der Waals surface area contributed by atoms with E-state index >= 15 is 0 Å². The number of carbonyl (C=O) groups excluding carboxylic acids is 2. The van der Waals surface area contributed by atoms with E-state index in [2.05, 4.69) is 41.8 Å². The molecule has 0 bridgehead atoms. The van der Waals surface area contributed by atoms with Crippen LogP contribution in [0.25, 0.3) is 11.1 Å². The Labute approximate surface area is 170 Å². The van der Waals surface area contributed by atoms with Crippen LogP contribution in [0.4, 0.5) is 5.69 Å². The first-order valence-electron chi connectivity index (χ1n) is 9.53. The van der Waals surface area contributed by atoms with Gasteiger partial charge in [0.1, 0.15) is 5.75 Å². The molecule has 5 nitrogen and oxygen atoms in total. The molecule has 3 aromatic rings. The van der Waals surface area contributed by atoms with Crippen LogP contribution in [0.2, 0.25) is 0 Å².